The number of hydrogen-bond acceptors (Lipinski definition) is 2. The number of nitrogens with one attached hydrogen (secondary N) is 2. The second-order valence-corrected chi connectivity index (χ2v) is 7.56. The largest absolute Gasteiger partial charge is 0.488 e. The molecular weight excluding hydrogens is 388 g/mol. The van der Waals surface area contributed by atoms with E-state index in [0.717, 1.165) is 23.9 Å². The molecule has 0 unspecified atom stereocenters. The number of ether oxygens (including phenoxy) is 1. The first-order valence-electron chi connectivity index (χ1n) is 10.2. The summed E-state index contributed by atoms with van der Waals surface area (Å²) >= 11 is 0. The molecule has 1 fully saturated rings. The van der Waals surface area contributed by atoms with Crippen molar-refractivity contribution in [2.45, 2.75) is 31.7 Å². The highest BCUT2D eigenvalue weighted by molar-refractivity contribution is 5.83. The fourth-order valence-corrected chi connectivity index (χ4v) is 4.02. The maximum atomic E-state index is 12.6. The van der Waals surface area contributed by atoms with E-state index in [1.807, 2.05) is 17.0 Å². The monoisotopic (exact) mass is 413 g/mol. The molecule has 0 bridgehead atoms. The van der Waals surface area contributed by atoms with Crippen LogP contribution in [0.4, 0.5) is 13.6 Å². The van der Waals surface area contributed by atoms with E-state index in [1.165, 1.54) is 10.9 Å². The van der Waals surface area contributed by atoms with Crippen molar-refractivity contribution in [3.8, 4) is 5.75 Å². The summed E-state index contributed by atoms with van der Waals surface area (Å²) in [5.74, 6) is 0.815. The number of amides is 2. The number of halogens is 2. The van der Waals surface area contributed by atoms with Crippen molar-refractivity contribution in [1.82, 2.24) is 15.2 Å². The first-order valence-corrected chi connectivity index (χ1v) is 10.2. The molecule has 0 atom stereocenters. The van der Waals surface area contributed by atoms with Gasteiger partial charge in [-0.2, -0.15) is 0 Å². The number of alkyl halides is 2. The van der Waals surface area contributed by atoms with Gasteiger partial charge in [0.25, 0.3) is 6.43 Å². The molecule has 2 heterocycles. The van der Waals surface area contributed by atoms with Gasteiger partial charge in [0.1, 0.15) is 12.4 Å². The van der Waals surface area contributed by atoms with Crippen molar-refractivity contribution in [2.24, 2.45) is 0 Å². The number of piperidine rings is 1. The van der Waals surface area contributed by atoms with Crippen LogP contribution in [-0.4, -0.2) is 42.0 Å². The Balaban J connectivity index is 1.28. The van der Waals surface area contributed by atoms with Gasteiger partial charge >= 0.3 is 6.03 Å². The van der Waals surface area contributed by atoms with Crippen molar-refractivity contribution in [2.75, 3.05) is 19.7 Å². The van der Waals surface area contributed by atoms with Gasteiger partial charge < -0.3 is 19.9 Å². The standard InChI is InChI=1S/C23H25F2N3O2/c24-22(25)15-30-18-5-3-4-16(12-18)13-27-23(29)28-10-8-17(9-11-28)20-14-26-21-7-2-1-6-19(20)21/h1-7,12,14,17,22,26H,8-11,13,15H2,(H,27,29). The van der Waals surface area contributed by atoms with E-state index in [-0.39, 0.29) is 6.03 Å². The van der Waals surface area contributed by atoms with E-state index in [0.29, 0.717) is 31.3 Å². The van der Waals surface area contributed by atoms with Crippen LogP contribution in [0.2, 0.25) is 0 Å². The van der Waals surface area contributed by atoms with Crippen LogP contribution in [0.1, 0.15) is 29.9 Å². The van der Waals surface area contributed by atoms with Gasteiger partial charge in [-0.15, -0.1) is 0 Å². The van der Waals surface area contributed by atoms with E-state index in [2.05, 4.69) is 34.7 Å². The lowest BCUT2D eigenvalue weighted by Crippen LogP contribution is -2.43. The van der Waals surface area contributed by atoms with E-state index in [4.69, 9.17) is 4.74 Å². The Hall–Kier alpha value is -3.09. The molecule has 4 rings (SSSR count). The molecule has 2 amide bonds. The summed E-state index contributed by atoms with van der Waals surface area (Å²) in [4.78, 5) is 17.7. The number of carbonyl (C=O) groups is 1. The number of hydrogen-bond donors (Lipinski definition) is 2. The SMILES string of the molecule is O=C(NCc1cccc(OCC(F)F)c1)N1CCC(c2c[nH]c3ccccc23)CC1. The quantitative estimate of drug-likeness (QED) is 0.604. The molecule has 2 aromatic carbocycles. The second kappa shape index (κ2) is 9.15. The highest BCUT2D eigenvalue weighted by Gasteiger charge is 2.25. The van der Waals surface area contributed by atoms with Crippen molar-refractivity contribution >= 4 is 16.9 Å². The molecule has 1 aliphatic heterocycles. The smallest absolute Gasteiger partial charge is 0.317 e. The van der Waals surface area contributed by atoms with Gasteiger partial charge in [0, 0.05) is 36.7 Å². The number of para-hydroxylation sites is 1. The fourth-order valence-electron chi connectivity index (χ4n) is 4.02. The minimum absolute atomic E-state index is 0.105. The number of rotatable bonds is 6. The summed E-state index contributed by atoms with van der Waals surface area (Å²) in [5.41, 5.74) is 3.28. The van der Waals surface area contributed by atoms with Gasteiger partial charge in [0.05, 0.1) is 0 Å². The number of likely N-dealkylation sites (tertiary alicyclic amines) is 1. The Bertz CT molecular complexity index is 997. The fraction of sp³-hybridized carbons (Fsp3) is 0.348. The molecule has 2 N–H and O–H groups in total. The zero-order chi connectivity index (χ0) is 20.9. The van der Waals surface area contributed by atoms with Crippen molar-refractivity contribution in [3.05, 3.63) is 65.9 Å². The van der Waals surface area contributed by atoms with Crippen LogP contribution < -0.4 is 10.1 Å². The van der Waals surface area contributed by atoms with Crippen LogP contribution in [-0.2, 0) is 6.54 Å². The number of carbonyl (C=O) groups excluding carboxylic acids is 1. The summed E-state index contributed by atoms with van der Waals surface area (Å²) in [7, 11) is 0. The zero-order valence-electron chi connectivity index (χ0n) is 16.6. The predicted molar refractivity (Wildman–Crippen MR) is 112 cm³/mol. The average molecular weight is 413 g/mol. The molecule has 0 aliphatic carbocycles. The number of H-pyrrole nitrogens is 1. The molecule has 5 nitrogen and oxygen atoms in total. The average Bonchev–Trinajstić information content (AvgIpc) is 3.21. The van der Waals surface area contributed by atoms with Crippen molar-refractivity contribution in [3.63, 3.8) is 0 Å². The number of nitrogens with zero attached hydrogens (tertiary/aromatic N) is 1. The molecule has 0 saturated carbocycles. The highest BCUT2D eigenvalue weighted by atomic mass is 19.3. The molecule has 1 aliphatic rings. The number of aromatic amines is 1. The van der Waals surface area contributed by atoms with Crippen molar-refractivity contribution in [1.29, 1.82) is 0 Å². The summed E-state index contributed by atoms with van der Waals surface area (Å²) in [6.45, 7) is 1.09. The third kappa shape index (κ3) is 4.72. The molecule has 158 valence electrons. The third-order valence-corrected chi connectivity index (χ3v) is 5.56. The van der Waals surface area contributed by atoms with Crippen molar-refractivity contribution < 1.29 is 18.3 Å². The minimum atomic E-state index is -2.51. The zero-order valence-corrected chi connectivity index (χ0v) is 16.6. The molecule has 1 aromatic heterocycles. The molecule has 3 aromatic rings. The summed E-state index contributed by atoms with van der Waals surface area (Å²) in [6.07, 6.45) is 1.42. The number of aromatic nitrogens is 1. The summed E-state index contributed by atoms with van der Waals surface area (Å²) < 4.78 is 29.6. The number of fused-ring (bicyclic) bond motifs is 1. The third-order valence-electron chi connectivity index (χ3n) is 5.56. The maximum absolute atomic E-state index is 12.6. The molecular formula is C23H25F2N3O2. The molecule has 1 saturated heterocycles. The normalized spacial score (nSPS) is 15.0. The van der Waals surface area contributed by atoms with Crippen LogP contribution in [0.3, 0.4) is 0 Å². The predicted octanol–water partition coefficient (Wildman–Crippen LogP) is 4.90. The molecule has 30 heavy (non-hydrogen) atoms. The Morgan fingerprint density at radius 1 is 1.17 bits per heavy atom. The van der Waals surface area contributed by atoms with E-state index >= 15 is 0 Å². The lowest BCUT2D eigenvalue weighted by atomic mass is 9.89. The highest BCUT2D eigenvalue weighted by Crippen LogP contribution is 2.33. The van der Waals surface area contributed by atoms with Crippen LogP contribution in [0.5, 0.6) is 5.75 Å². The molecule has 0 spiro atoms. The van der Waals surface area contributed by atoms with Gasteiger partial charge in [0.15, 0.2) is 0 Å². The first kappa shape index (κ1) is 20.2. The lowest BCUT2D eigenvalue weighted by Gasteiger charge is -2.32. The number of urea groups is 1. The number of benzene rings is 2. The summed E-state index contributed by atoms with van der Waals surface area (Å²) in [6, 6.07) is 15.1. The van der Waals surface area contributed by atoms with Gasteiger partial charge in [-0.05, 0) is 48.1 Å². The molecule has 7 heteroatoms. The minimum Gasteiger partial charge on any atom is -0.488 e. The Labute approximate surface area is 174 Å². The van der Waals surface area contributed by atoms with Crippen LogP contribution >= 0.6 is 0 Å². The van der Waals surface area contributed by atoms with Gasteiger partial charge in [-0.3, -0.25) is 0 Å². The Morgan fingerprint density at radius 3 is 2.77 bits per heavy atom. The first-order chi connectivity index (χ1) is 14.6. The van der Waals surface area contributed by atoms with E-state index in [9.17, 15) is 13.6 Å². The van der Waals surface area contributed by atoms with Crippen LogP contribution in [0.15, 0.2) is 54.7 Å². The van der Waals surface area contributed by atoms with Crippen LogP contribution in [0, 0.1) is 0 Å². The summed E-state index contributed by atoms with van der Waals surface area (Å²) in [5, 5.41) is 4.18. The van der Waals surface area contributed by atoms with E-state index < -0.39 is 13.0 Å². The second-order valence-electron chi connectivity index (χ2n) is 7.56. The van der Waals surface area contributed by atoms with E-state index in [1.54, 1.807) is 18.2 Å². The lowest BCUT2D eigenvalue weighted by molar-refractivity contribution is 0.0818. The van der Waals surface area contributed by atoms with Gasteiger partial charge in [0.2, 0.25) is 0 Å². The van der Waals surface area contributed by atoms with Gasteiger partial charge in [-0.25, -0.2) is 13.6 Å². The topological polar surface area (TPSA) is 57.4 Å². The Kier molecular flexibility index (Phi) is 6.16. The van der Waals surface area contributed by atoms with Gasteiger partial charge in [-0.1, -0.05) is 30.3 Å². The maximum Gasteiger partial charge on any atom is 0.317 e. The van der Waals surface area contributed by atoms with Crippen LogP contribution in [0.25, 0.3) is 10.9 Å². The Morgan fingerprint density at radius 2 is 1.97 bits per heavy atom. The molecule has 0 radical (unpaired) electrons.